The van der Waals surface area contributed by atoms with Gasteiger partial charge >= 0.3 is 0 Å². The van der Waals surface area contributed by atoms with Crippen LogP contribution >= 0.6 is 0 Å². The highest BCUT2D eigenvalue weighted by molar-refractivity contribution is 5.80. The molecule has 0 aliphatic carbocycles. The Morgan fingerprint density at radius 2 is 1.67 bits per heavy atom. The molecule has 1 rings (SSSR count). The van der Waals surface area contributed by atoms with Crippen molar-refractivity contribution in [3.63, 3.8) is 0 Å². The summed E-state index contributed by atoms with van der Waals surface area (Å²) in [5.41, 5.74) is 3.13. The number of Topliss-reactive ketones (excluding diaryl/α,β-unsaturated/α-hetero) is 2. The van der Waals surface area contributed by atoms with E-state index in [2.05, 4.69) is 0 Å². The van der Waals surface area contributed by atoms with Crippen LogP contribution in [0.25, 0.3) is 0 Å². The first-order chi connectivity index (χ1) is 6.99. The standard InChI is InChI=1S/C13H16O2/c1-9-4-5-12(6-10(2)14)8-13(9)7-11(3)15/h4-5,8H,6-7H2,1-3H3. The number of carbonyl (C=O) groups is 2. The quantitative estimate of drug-likeness (QED) is 0.753. The molecule has 0 bridgehead atoms. The van der Waals surface area contributed by atoms with Crippen LogP contribution in [0.4, 0.5) is 0 Å². The fourth-order valence-electron chi connectivity index (χ4n) is 1.58. The lowest BCUT2D eigenvalue weighted by Gasteiger charge is -2.06. The molecule has 0 atom stereocenters. The van der Waals surface area contributed by atoms with Gasteiger partial charge < -0.3 is 0 Å². The molecule has 0 saturated heterocycles. The molecule has 0 amide bonds. The van der Waals surface area contributed by atoms with Gasteiger partial charge in [-0.2, -0.15) is 0 Å². The van der Waals surface area contributed by atoms with Crippen molar-refractivity contribution in [3.8, 4) is 0 Å². The largest absolute Gasteiger partial charge is 0.300 e. The van der Waals surface area contributed by atoms with Crippen LogP contribution in [0.2, 0.25) is 0 Å². The molecule has 1 aromatic carbocycles. The lowest BCUT2D eigenvalue weighted by atomic mass is 9.99. The molecule has 2 nitrogen and oxygen atoms in total. The summed E-state index contributed by atoms with van der Waals surface area (Å²) in [6.45, 7) is 5.14. The molecule has 0 N–H and O–H groups in total. The first-order valence-electron chi connectivity index (χ1n) is 5.06. The summed E-state index contributed by atoms with van der Waals surface area (Å²) < 4.78 is 0. The number of rotatable bonds is 4. The minimum atomic E-state index is 0.146. The fraction of sp³-hybridized carbons (Fsp3) is 0.385. The molecule has 15 heavy (non-hydrogen) atoms. The average molecular weight is 204 g/mol. The predicted octanol–water partition coefficient (Wildman–Crippen LogP) is 2.26. The van der Waals surface area contributed by atoms with Crippen LogP contribution in [0.15, 0.2) is 18.2 Å². The van der Waals surface area contributed by atoms with Crippen LogP contribution in [0.1, 0.15) is 30.5 Å². The van der Waals surface area contributed by atoms with Crippen LogP contribution < -0.4 is 0 Å². The van der Waals surface area contributed by atoms with Crippen LogP contribution in [-0.2, 0) is 22.4 Å². The lowest BCUT2D eigenvalue weighted by Crippen LogP contribution is -2.02. The van der Waals surface area contributed by atoms with E-state index in [-0.39, 0.29) is 11.6 Å². The van der Waals surface area contributed by atoms with Crippen molar-refractivity contribution in [3.05, 3.63) is 34.9 Å². The molecule has 0 aromatic heterocycles. The molecule has 0 aliphatic rings. The Morgan fingerprint density at radius 3 is 2.20 bits per heavy atom. The summed E-state index contributed by atoms with van der Waals surface area (Å²) >= 11 is 0. The summed E-state index contributed by atoms with van der Waals surface area (Å²) in [4.78, 5) is 22.0. The molecule has 1 aromatic rings. The van der Waals surface area contributed by atoms with E-state index in [1.807, 2.05) is 25.1 Å². The maximum atomic E-state index is 11.0. The zero-order chi connectivity index (χ0) is 11.4. The molecular weight excluding hydrogens is 188 g/mol. The van der Waals surface area contributed by atoms with Gasteiger partial charge in [0.25, 0.3) is 0 Å². The van der Waals surface area contributed by atoms with E-state index in [4.69, 9.17) is 0 Å². The molecule has 80 valence electrons. The predicted molar refractivity (Wildman–Crippen MR) is 59.9 cm³/mol. The second-order valence-electron chi connectivity index (χ2n) is 4.02. The molecule has 2 heteroatoms. The fourth-order valence-corrected chi connectivity index (χ4v) is 1.58. The Kier molecular flexibility index (Phi) is 3.78. The van der Waals surface area contributed by atoms with Gasteiger partial charge in [0, 0.05) is 12.8 Å². The molecule has 0 spiro atoms. The van der Waals surface area contributed by atoms with Crippen LogP contribution in [0, 0.1) is 6.92 Å². The van der Waals surface area contributed by atoms with E-state index in [0.717, 1.165) is 16.7 Å². The molecule has 0 saturated carbocycles. The summed E-state index contributed by atoms with van der Waals surface area (Å²) in [6, 6.07) is 5.87. The molecule has 0 heterocycles. The number of aryl methyl sites for hydroxylation is 1. The van der Waals surface area contributed by atoms with E-state index < -0.39 is 0 Å². The van der Waals surface area contributed by atoms with Crippen molar-refractivity contribution < 1.29 is 9.59 Å². The van der Waals surface area contributed by atoms with Crippen molar-refractivity contribution in [2.45, 2.75) is 33.6 Å². The van der Waals surface area contributed by atoms with Crippen molar-refractivity contribution in [2.24, 2.45) is 0 Å². The third-order valence-corrected chi connectivity index (χ3v) is 2.31. The Bertz CT molecular complexity index is 392. The maximum Gasteiger partial charge on any atom is 0.134 e. The normalized spacial score (nSPS) is 10.1. The Morgan fingerprint density at radius 1 is 1.07 bits per heavy atom. The number of ketones is 2. The van der Waals surface area contributed by atoms with Gasteiger partial charge in [0.15, 0.2) is 0 Å². The molecule has 0 radical (unpaired) electrons. The van der Waals surface area contributed by atoms with Gasteiger partial charge in [0.05, 0.1) is 0 Å². The third-order valence-electron chi connectivity index (χ3n) is 2.31. The minimum Gasteiger partial charge on any atom is -0.300 e. The summed E-state index contributed by atoms with van der Waals surface area (Å²) in [7, 11) is 0. The van der Waals surface area contributed by atoms with Gasteiger partial charge in [-0.05, 0) is 37.5 Å². The van der Waals surface area contributed by atoms with Gasteiger partial charge in [-0.1, -0.05) is 18.2 Å². The van der Waals surface area contributed by atoms with Gasteiger partial charge in [-0.15, -0.1) is 0 Å². The summed E-state index contributed by atoms with van der Waals surface area (Å²) in [5.74, 6) is 0.297. The van der Waals surface area contributed by atoms with Crippen LogP contribution in [-0.4, -0.2) is 11.6 Å². The van der Waals surface area contributed by atoms with Crippen LogP contribution in [0.3, 0.4) is 0 Å². The third kappa shape index (κ3) is 3.66. The molecular formula is C13H16O2. The SMILES string of the molecule is CC(=O)Cc1ccc(C)c(CC(C)=O)c1. The smallest absolute Gasteiger partial charge is 0.134 e. The first-order valence-corrected chi connectivity index (χ1v) is 5.06. The van der Waals surface area contributed by atoms with Gasteiger partial charge in [0.1, 0.15) is 11.6 Å². The van der Waals surface area contributed by atoms with Gasteiger partial charge in [-0.3, -0.25) is 9.59 Å². The number of hydrogen-bond donors (Lipinski definition) is 0. The zero-order valence-electron chi connectivity index (χ0n) is 9.46. The maximum absolute atomic E-state index is 11.0. The molecule has 0 unspecified atom stereocenters. The van der Waals surface area contributed by atoms with E-state index >= 15 is 0 Å². The summed E-state index contributed by atoms with van der Waals surface area (Å²) in [6.07, 6.45) is 0.906. The number of hydrogen-bond acceptors (Lipinski definition) is 2. The highest BCUT2D eigenvalue weighted by Gasteiger charge is 2.04. The van der Waals surface area contributed by atoms with Crippen LogP contribution in [0.5, 0.6) is 0 Å². The molecule has 0 fully saturated rings. The van der Waals surface area contributed by atoms with Crippen molar-refractivity contribution >= 4 is 11.6 Å². The van der Waals surface area contributed by atoms with E-state index in [1.54, 1.807) is 13.8 Å². The van der Waals surface area contributed by atoms with Crippen molar-refractivity contribution in [2.75, 3.05) is 0 Å². The Labute approximate surface area is 90.3 Å². The highest BCUT2D eigenvalue weighted by Crippen LogP contribution is 2.13. The monoisotopic (exact) mass is 204 g/mol. The summed E-state index contributed by atoms with van der Waals surface area (Å²) in [5, 5.41) is 0. The second kappa shape index (κ2) is 4.87. The lowest BCUT2D eigenvalue weighted by molar-refractivity contribution is -0.117. The van der Waals surface area contributed by atoms with Crippen molar-refractivity contribution in [1.29, 1.82) is 0 Å². The zero-order valence-corrected chi connectivity index (χ0v) is 9.46. The van der Waals surface area contributed by atoms with Gasteiger partial charge in [-0.25, -0.2) is 0 Å². The Hall–Kier alpha value is -1.44. The highest BCUT2D eigenvalue weighted by atomic mass is 16.1. The van der Waals surface area contributed by atoms with E-state index in [0.29, 0.717) is 12.8 Å². The number of carbonyl (C=O) groups excluding carboxylic acids is 2. The molecule has 0 aliphatic heterocycles. The Balaban J connectivity index is 2.94. The van der Waals surface area contributed by atoms with Gasteiger partial charge in [0.2, 0.25) is 0 Å². The van der Waals surface area contributed by atoms with E-state index in [9.17, 15) is 9.59 Å². The average Bonchev–Trinajstić information content (AvgIpc) is 2.09. The first kappa shape index (κ1) is 11.6. The topological polar surface area (TPSA) is 34.1 Å². The van der Waals surface area contributed by atoms with E-state index in [1.165, 1.54) is 0 Å². The van der Waals surface area contributed by atoms with Crippen molar-refractivity contribution in [1.82, 2.24) is 0 Å². The second-order valence-corrected chi connectivity index (χ2v) is 4.02. The minimum absolute atomic E-state index is 0.146. The number of benzene rings is 1.